The Labute approximate surface area is 142 Å². The van der Waals surface area contributed by atoms with Crippen LogP contribution in [0.4, 0.5) is 0 Å². The first-order valence-corrected chi connectivity index (χ1v) is 8.82. The van der Waals surface area contributed by atoms with E-state index < -0.39 is 0 Å². The Hall–Kier alpha value is -1.35. The van der Waals surface area contributed by atoms with Crippen LogP contribution in [0.25, 0.3) is 0 Å². The molecule has 0 aliphatic carbocycles. The van der Waals surface area contributed by atoms with Gasteiger partial charge in [0.05, 0.1) is 19.6 Å². The SMILES string of the molecule is CCC=CCCCCCCCC=CC=CC(CC(=O)OC)OC. The summed E-state index contributed by atoms with van der Waals surface area (Å²) in [5, 5.41) is 0. The Kier molecular flexibility index (Phi) is 16.0. The molecule has 0 aromatic rings. The summed E-state index contributed by atoms with van der Waals surface area (Å²) < 4.78 is 9.83. The van der Waals surface area contributed by atoms with E-state index in [0.717, 1.165) is 12.8 Å². The minimum atomic E-state index is -0.254. The fourth-order valence-corrected chi connectivity index (χ4v) is 2.18. The minimum Gasteiger partial charge on any atom is -0.469 e. The molecule has 0 heterocycles. The lowest BCUT2D eigenvalue weighted by Crippen LogP contribution is -2.14. The first-order valence-electron chi connectivity index (χ1n) is 8.82. The Morgan fingerprint density at radius 1 is 0.913 bits per heavy atom. The summed E-state index contributed by atoms with van der Waals surface area (Å²) in [6.07, 6.45) is 22.6. The highest BCUT2D eigenvalue weighted by molar-refractivity contribution is 5.70. The average Bonchev–Trinajstić information content (AvgIpc) is 2.57. The summed E-state index contributed by atoms with van der Waals surface area (Å²) >= 11 is 0. The van der Waals surface area contributed by atoms with Crippen molar-refractivity contribution in [2.75, 3.05) is 14.2 Å². The number of hydrogen-bond acceptors (Lipinski definition) is 3. The molecule has 0 saturated heterocycles. The van der Waals surface area contributed by atoms with Gasteiger partial charge in [-0.15, -0.1) is 0 Å². The standard InChI is InChI=1S/C20H34O3/c1-4-5-6-7-8-9-10-11-12-13-14-15-16-17-19(22-2)18-20(21)23-3/h5-6,14-17,19H,4,7-13,18H2,1-3H3. The Bertz CT molecular complexity index is 356. The van der Waals surface area contributed by atoms with Crippen molar-refractivity contribution in [2.45, 2.75) is 70.8 Å². The van der Waals surface area contributed by atoms with Crippen molar-refractivity contribution in [2.24, 2.45) is 0 Å². The molecule has 1 atom stereocenters. The molecule has 0 spiro atoms. The third-order valence-corrected chi connectivity index (χ3v) is 3.62. The van der Waals surface area contributed by atoms with Crippen molar-refractivity contribution >= 4 is 5.97 Å². The molecular weight excluding hydrogens is 288 g/mol. The van der Waals surface area contributed by atoms with Gasteiger partial charge in [0.25, 0.3) is 0 Å². The Balaban J connectivity index is 3.57. The number of ether oxygens (including phenoxy) is 2. The average molecular weight is 322 g/mol. The lowest BCUT2D eigenvalue weighted by atomic mass is 10.1. The van der Waals surface area contributed by atoms with E-state index in [1.165, 1.54) is 45.6 Å². The molecule has 0 bridgehead atoms. The molecule has 23 heavy (non-hydrogen) atoms. The molecule has 3 heteroatoms. The number of hydrogen-bond donors (Lipinski definition) is 0. The Morgan fingerprint density at radius 3 is 2.17 bits per heavy atom. The van der Waals surface area contributed by atoms with E-state index in [4.69, 9.17) is 4.74 Å². The number of rotatable bonds is 14. The lowest BCUT2D eigenvalue weighted by Gasteiger charge is -2.08. The van der Waals surface area contributed by atoms with Crippen molar-refractivity contribution in [1.29, 1.82) is 0 Å². The third kappa shape index (κ3) is 15.3. The van der Waals surface area contributed by atoms with Gasteiger partial charge in [0, 0.05) is 7.11 Å². The second kappa shape index (κ2) is 17.0. The van der Waals surface area contributed by atoms with Crippen LogP contribution in [0, 0.1) is 0 Å². The molecule has 0 saturated carbocycles. The zero-order chi connectivity index (χ0) is 17.2. The van der Waals surface area contributed by atoms with E-state index in [1.54, 1.807) is 7.11 Å². The predicted octanol–water partition coefficient (Wildman–Crippen LogP) is 5.37. The highest BCUT2D eigenvalue weighted by atomic mass is 16.5. The zero-order valence-corrected chi connectivity index (χ0v) is 15.1. The maximum Gasteiger partial charge on any atom is 0.308 e. The normalized spacial score (nSPS) is 13.3. The summed E-state index contributed by atoms with van der Waals surface area (Å²) in [5.41, 5.74) is 0. The van der Waals surface area contributed by atoms with Crippen LogP contribution in [0.5, 0.6) is 0 Å². The number of carbonyl (C=O) groups is 1. The molecular formula is C20H34O3. The number of unbranched alkanes of at least 4 members (excludes halogenated alkanes) is 6. The quantitative estimate of drug-likeness (QED) is 0.186. The fraction of sp³-hybridized carbons (Fsp3) is 0.650. The van der Waals surface area contributed by atoms with Crippen LogP contribution in [-0.4, -0.2) is 26.3 Å². The topological polar surface area (TPSA) is 35.5 Å². The number of allylic oxidation sites excluding steroid dienone is 5. The summed E-state index contributed by atoms with van der Waals surface area (Å²) in [4.78, 5) is 11.2. The molecule has 0 rings (SSSR count). The number of carbonyl (C=O) groups excluding carboxylic acids is 1. The van der Waals surface area contributed by atoms with Crippen molar-refractivity contribution in [3.8, 4) is 0 Å². The zero-order valence-electron chi connectivity index (χ0n) is 15.1. The van der Waals surface area contributed by atoms with Crippen LogP contribution in [0.1, 0.15) is 64.7 Å². The van der Waals surface area contributed by atoms with E-state index in [9.17, 15) is 4.79 Å². The maximum absolute atomic E-state index is 11.2. The van der Waals surface area contributed by atoms with Crippen LogP contribution >= 0.6 is 0 Å². The van der Waals surface area contributed by atoms with Gasteiger partial charge in [0.2, 0.25) is 0 Å². The van der Waals surface area contributed by atoms with Crippen LogP contribution in [0.15, 0.2) is 36.5 Å². The van der Waals surface area contributed by atoms with Gasteiger partial charge >= 0.3 is 5.97 Å². The van der Waals surface area contributed by atoms with Crippen molar-refractivity contribution < 1.29 is 14.3 Å². The van der Waals surface area contributed by atoms with Crippen LogP contribution in [0.3, 0.4) is 0 Å². The molecule has 0 aliphatic heterocycles. The molecule has 0 aromatic carbocycles. The fourth-order valence-electron chi connectivity index (χ4n) is 2.18. The number of esters is 1. The monoisotopic (exact) mass is 322 g/mol. The second-order valence-corrected chi connectivity index (χ2v) is 5.59. The summed E-state index contributed by atoms with van der Waals surface area (Å²) in [6.45, 7) is 2.17. The van der Waals surface area contributed by atoms with Gasteiger partial charge in [-0.3, -0.25) is 4.79 Å². The van der Waals surface area contributed by atoms with Gasteiger partial charge in [-0.05, 0) is 32.1 Å². The molecule has 1 unspecified atom stereocenters. The largest absolute Gasteiger partial charge is 0.469 e. The molecule has 132 valence electrons. The second-order valence-electron chi connectivity index (χ2n) is 5.59. The van der Waals surface area contributed by atoms with Gasteiger partial charge in [-0.2, -0.15) is 0 Å². The lowest BCUT2D eigenvalue weighted by molar-refractivity contribution is -0.142. The highest BCUT2D eigenvalue weighted by Gasteiger charge is 2.09. The minimum absolute atomic E-state index is 0.214. The first-order chi connectivity index (χ1) is 11.2. The maximum atomic E-state index is 11.2. The third-order valence-electron chi connectivity index (χ3n) is 3.62. The van der Waals surface area contributed by atoms with E-state index in [2.05, 4.69) is 29.9 Å². The predicted molar refractivity (Wildman–Crippen MR) is 97.5 cm³/mol. The molecule has 0 fully saturated rings. The molecule has 0 amide bonds. The Morgan fingerprint density at radius 2 is 1.57 bits per heavy atom. The van der Waals surface area contributed by atoms with Crippen molar-refractivity contribution in [1.82, 2.24) is 0 Å². The first kappa shape index (κ1) is 21.6. The van der Waals surface area contributed by atoms with E-state index in [0.29, 0.717) is 0 Å². The van der Waals surface area contributed by atoms with E-state index >= 15 is 0 Å². The summed E-state index contributed by atoms with van der Waals surface area (Å²) in [7, 11) is 2.99. The van der Waals surface area contributed by atoms with Crippen LogP contribution in [-0.2, 0) is 14.3 Å². The highest BCUT2D eigenvalue weighted by Crippen LogP contribution is 2.08. The van der Waals surface area contributed by atoms with Crippen molar-refractivity contribution in [3.05, 3.63) is 36.5 Å². The smallest absolute Gasteiger partial charge is 0.308 e. The molecule has 0 aromatic heterocycles. The van der Waals surface area contributed by atoms with E-state index in [1.807, 2.05) is 18.2 Å². The van der Waals surface area contributed by atoms with Crippen molar-refractivity contribution in [3.63, 3.8) is 0 Å². The van der Waals surface area contributed by atoms with Crippen LogP contribution in [0.2, 0.25) is 0 Å². The van der Waals surface area contributed by atoms with Gasteiger partial charge < -0.3 is 9.47 Å². The molecule has 0 radical (unpaired) electrons. The molecule has 0 N–H and O–H groups in total. The van der Waals surface area contributed by atoms with E-state index in [-0.39, 0.29) is 18.5 Å². The van der Waals surface area contributed by atoms with Gasteiger partial charge in [0.15, 0.2) is 0 Å². The molecule has 3 nitrogen and oxygen atoms in total. The summed E-state index contributed by atoms with van der Waals surface area (Å²) in [5.74, 6) is -0.254. The number of methoxy groups -OCH3 is 2. The summed E-state index contributed by atoms with van der Waals surface area (Å²) in [6, 6.07) is 0. The van der Waals surface area contributed by atoms with Gasteiger partial charge in [-0.25, -0.2) is 0 Å². The molecule has 0 aliphatic rings. The van der Waals surface area contributed by atoms with Gasteiger partial charge in [-0.1, -0.05) is 62.6 Å². The van der Waals surface area contributed by atoms with Crippen LogP contribution < -0.4 is 0 Å². The van der Waals surface area contributed by atoms with Gasteiger partial charge in [0.1, 0.15) is 0 Å².